The van der Waals surface area contributed by atoms with Gasteiger partial charge in [0.25, 0.3) is 11.1 Å². The van der Waals surface area contributed by atoms with Crippen molar-refractivity contribution in [2.24, 2.45) is 5.92 Å². The van der Waals surface area contributed by atoms with E-state index in [1.807, 2.05) is 6.07 Å². The molecule has 7 nitrogen and oxygen atoms in total. The van der Waals surface area contributed by atoms with Crippen LogP contribution in [0.3, 0.4) is 0 Å². The van der Waals surface area contributed by atoms with Gasteiger partial charge in [-0.05, 0) is 77.7 Å². The SMILES string of the molecule is Cc1cc2cc(Br)c(F)cc2c(=O)n1CC[C@H]1CCCC[C@@H]1Nc1cnn(COCC[Si](C)(C)C)c(=O)c1C(F)(F)F. The third kappa shape index (κ3) is 7.70. The summed E-state index contributed by atoms with van der Waals surface area (Å²) in [6.07, 6.45) is -0.177. The summed E-state index contributed by atoms with van der Waals surface area (Å²) < 4.78 is 64.7. The number of pyridine rings is 1. The third-order valence-electron chi connectivity index (χ3n) is 7.87. The lowest BCUT2D eigenvalue weighted by Crippen LogP contribution is -2.37. The first-order valence-corrected chi connectivity index (χ1v) is 18.7. The van der Waals surface area contributed by atoms with Crippen LogP contribution in [-0.4, -0.2) is 35.1 Å². The van der Waals surface area contributed by atoms with E-state index in [-0.39, 0.29) is 39.8 Å². The Kier molecular flexibility index (Phi) is 10.0. The molecule has 1 aromatic carbocycles. The van der Waals surface area contributed by atoms with Crippen molar-refractivity contribution in [1.82, 2.24) is 14.3 Å². The molecule has 3 aromatic rings. The Labute approximate surface area is 251 Å². The monoisotopic (exact) mass is 672 g/mol. The summed E-state index contributed by atoms with van der Waals surface area (Å²) in [6, 6.07) is 5.09. The fourth-order valence-corrected chi connectivity index (χ4v) is 6.60. The summed E-state index contributed by atoms with van der Waals surface area (Å²) in [7, 11) is -1.40. The molecule has 0 unspecified atom stereocenters. The Hall–Kier alpha value is -2.51. The van der Waals surface area contributed by atoms with Crippen molar-refractivity contribution in [3.8, 4) is 0 Å². The van der Waals surface area contributed by atoms with Gasteiger partial charge in [0.15, 0.2) is 0 Å². The van der Waals surface area contributed by atoms with Crippen molar-refractivity contribution in [3.63, 3.8) is 0 Å². The van der Waals surface area contributed by atoms with Crippen molar-refractivity contribution in [2.75, 3.05) is 11.9 Å². The predicted molar refractivity (Wildman–Crippen MR) is 162 cm³/mol. The largest absolute Gasteiger partial charge is 0.423 e. The van der Waals surface area contributed by atoms with E-state index in [4.69, 9.17) is 4.74 Å². The lowest BCUT2D eigenvalue weighted by atomic mass is 9.82. The van der Waals surface area contributed by atoms with E-state index in [9.17, 15) is 27.2 Å². The smallest absolute Gasteiger partial charge is 0.380 e. The number of aromatic nitrogens is 3. The van der Waals surface area contributed by atoms with Gasteiger partial charge in [-0.1, -0.05) is 32.5 Å². The summed E-state index contributed by atoms with van der Waals surface area (Å²) in [5.74, 6) is -0.573. The average molecular weight is 674 g/mol. The molecule has 1 N–H and O–H groups in total. The molecule has 2 aromatic heterocycles. The Bertz CT molecular complexity index is 1550. The maximum absolute atomic E-state index is 14.2. The normalized spacial score (nSPS) is 18.0. The van der Waals surface area contributed by atoms with Gasteiger partial charge in [0.1, 0.15) is 18.1 Å². The van der Waals surface area contributed by atoms with E-state index in [1.54, 1.807) is 17.6 Å². The number of hydrogen-bond acceptors (Lipinski definition) is 5. The number of aryl methyl sites for hydroxylation is 1. The van der Waals surface area contributed by atoms with Gasteiger partial charge >= 0.3 is 6.18 Å². The van der Waals surface area contributed by atoms with Crippen molar-refractivity contribution < 1.29 is 22.3 Å². The van der Waals surface area contributed by atoms with Gasteiger partial charge in [-0.15, -0.1) is 0 Å². The Morgan fingerprint density at radius 3 is 2.52 bits per heavy atom. The van der Waals surface area contributed by atoms with Crippen LogP contribution in [0.2, 0.25) is 25.7 Å². The van der Waals surface area contributed by atoms with Gasteiger partial charge in [-0.2, -0.15) is 18.3 Å². The summed E-state index contributed by atoms with van der Waals surface area (Å²) >= 11 is 3.15. The van der Waals surface area contributed by atoms with E-state index in [0.717, 1.165) is 31.5 Å². The van der Waals surface area contributed by atoms with E-state index in [0.29, 0.717) is 41.8 Å². The molecular weight excluding hydrogens is 636 g/mol. The number of rotatable bonds is 10. The van der Waals surface area contributed by atoms with Crippen LogP contribution >= 0.6 is 15.9 Å². The second-order valence-corrected chi connectivity index (χ2v) is 18.7. The molecule has 1 aliphatic carbocycles. The summed E-state index contributed by atoms with van der Waals surface area (Å²) in [6.45, 7) is 8.61. The second kappa shape index (κ2) is 13.0. The molecule has 2 heterocycles. The molecule has 1 aliphatic rings. The molecule has 0 bridgehead atoms. The maximum Gasteiger partial charge on any atom is 0.423 e. The Balaban J connectivity index is 1.53. The highest BCUT2D eigenvalue weighted by Gasteiger charge is 2.39. The molecule has 2 atom stereocenters. The van der Waals surface area contributed by atoms with Crippen LogP contribution in [0.1, 0.15) is 43.4 Å². The van der Waals surface area contributed by atoms with Gasteiger partial charge < -0.3 is 14.6 Å². The zero-order valence-electron chi connectivity index (χ0n) is 24.3. The maximum atomic E-state index is 14.2. The molecule has 4 rings (SSSR count). The van der Waals surface area contributed by atoms with Gasteiger partial charge in [0.05, 0.1) is 21.7 Å². The number of fused-ring (bicyclic) bond motifs is 1. The van der Waals surface area contributed by atoms with Crippen molar-refractivity contribution in [2.45, 2.75) is 90.2 Å². The fourth-order valence-electron chi connectivity index (χ4n) is 5.48. The highest BCUT2D eigenvalue weighted by Crippen LogP contribution is 2.35. The standard InChI is InChI=1S/C29H37BrF4N4O3Si/c1-18-13-20-14-22(30)23(31)15-21(20)27(39)37(18)10-9-19-7-5-6-8-24(19)36-25-16-35-38(17-41-11-12-42(2,3)4)28(40)26(25)29(32,33)34/h13-16,19,24,36H,5-12,17H2,1-4H3/t19-,24+/m1/s1. The number of alkyl halides is 3. The van der Waals surface area contributed by atoms with E-state index in [1.165, 1.54) is 6.07 Å². The minimum absolute atomic E-state index is 0.0455. The molecule has 13 heteroatoms. The van der Waals surface area contributed by atoms with E-state index < -0.39 is 31.2 Å². The first-order chi connectivity index (χ1) is 19.7. The minimum Gasteiger partial charge on any atom is -0.380 e. The molecule has 0 amide bonds. The zero-order chi connectivity index (χ0) is 30.8. The van der Waals surface area contributed by atoms with Crippen LogP contribution in [0, 0.1) is 18.7 Å². The van der Waals surface area contributed by atoms with Crippen LogP contribution in [0.4, 0.5) is 23.2 Å². The fraction of sp³-hybridized carbons (Fsp3) is 0.552. The van der Waals surface area contributed by atoms with E-state index in [2.05, 4.69) is 46.0 Å². The average Bonchev–Trinajstić information content (AvgIpc) is 2.88. The Morgan fingerprint density at radius 1 is 1.12 bits per heavy atom. The number of anilines is 1. The number of halogens is 5. The molecule has 1 fully saturated rings. The molecule has 0 spiro atoms. The van der Waals surface area contributed by atoms with Crippen LogP contribution in [-0.2, 0) is 24.2 Å². The van der Waals surface area contributed by atoms with Crippen molar-refractivity contribution in [1.29, 1.82) is 0 Å². The van der Waals surface area contributed by atoms with Crippen LogP contribution in [0.25, 0.3) is 10.8 Å². The molecule has 0 radical (unpaired) electrons. The summed E-state index contributed by atoms with van der Waals surface area (Å²) in [4.78, 5) is 26.1. The number of ether oxygens (including phenoxy) is 1. The van der Waals surface area contributed by atoms with Gasteiger partial charge in [0.2, 0.25) is 0 Å². The minimum atomic E-state index is -4.88. The molecule has 0 saturated heterocycles. The van der Waals surface area contributed by atoms with Crippen molar-refractivity contribution >= 4 is 40.5 Å². The van der Waals surface area contributed by atoms with Crippen molar-refractivity contribution in [3.05, 3.63) is 66.7 Å². The highest BCUT2D eigenvalue weighted by atomic mass is 79.9. The van der Waals surface area contributed by atoms with Crippen LogP contribution in [0.15, 0.2) is 38.5 Å². The first-order valence-electron chi connectivity index (χ1n) is 14.2. The Morgan fingerprint density at radius 2 is 1.83 bits per heavy atom. The molecule has 42 heavy (non-hydrogen) atoms. The molecular formula is C29H37BrF4N4O3Si. The first kappa shape index (κ1) is 32.4. The lowest BCUT2D eigenvalue weighted by Gasteiger charge is -2.34. The predicted octanol–water partition coefficient (Wildman–Crippen LogP) is 7.16. The molecule has 0 aliphatic heterocycles. The number of hydrogen-bond donors (Lipinski definition) is 1. The zero-order valence-corrected chi connectivity index (χ0v) is 26.9. The van der Waals surface area contributed by atoms with Gasteiger partial charge in [0, 0.05) is 33.0 Å². The second-order valence-electron chi connectivity index (χ2n) is 12.3. The molecule has 1 saturated carbocycles. The number of nitrogens with zero attached hydrogens (tertiary/aromatic N) is 3. The topological polar surface area (TPSA) is 78.2 Å². The molecule has 230 valence electrons. The number of nitrogens with one attached hydrogen (secondary N) is 1. The quantitative estimate of drug-likeness (QED) is 0.141. The summed E-state index contributed by atoms with van der Waals surface area (Å²) in [5.41, 5.74) is -2.47. The third-order valence-corrected chi connectivity index (χ3v) is 10.2. The van der Waals surface area contributed by atoms with Gasteiger partial charge in [-0.25, -0.2) is 9.07 Å². The van der Waals surface area contributed by atoms with Crippen LogP contribution in [0.5, 0.6) is 0 Å². The number of benzene rings is 1. The highest BCUT2D eigenvalue weighted by molar-refractivity contribution is 9.10. The lowest BCUT2D eigenvalue weighted by molar-refractivity contribution is -0.138. The van der Waals surface area contributed by atoms with E-state index >= 15 is 0 Å². The van der Waals surface area contributed by atoms with Crippen LogP contribution < -0.4 is 16.4 Å². The van der Waals surface area contributed by atoms with Gasteiger partial charge in [-0.3, -0.25) is 9.59 Å². The summed E-state index contributed by atoms with van der Waals surface area (Å²) in [5, 5.41) is 7.88.